The second-order valence-electron chi connectivity index (χ2n) is 4.02. The first-order chi connectivity index (χ1) is 9.75. The Morgan fingerprint density at radius 2 is 2.05 bits per heavy atom. The van der Waals surface area contributed by atoms with Crippen LogP contribution in [0.2, 0.25) is 0 Å². The zero-order valence-electron chi connectivity index (χ0n) is 11.6. The zero-order valence-corrected chi connectivity index (χ0v) is 11.6. The van der Waals surface area contributed by atoms with Gasteiger partial charge in [-0.15, -0.1) is 0 Å². The van der Waals surface area contributed by atoms with Crippen LogP contribution < -0.4 is 16.6 Å². The van der Waals surface area contributed by atoms with Gasteiger partial charge in [0.25, 0.3) is 0 Å². The minimum Gasteiger partial charge on any atom is -0.374 e. The number of hydrogen-bond donors (Lipinski definition) is 3. The molecule has 0 aromatic carbocycles. The molecule has 20 heavy (non-hydrogen) atoms. The number of rotatable bonds is 7. The third-order valence-corrected chi connectivity index (χ3v) is 2.58. The molecule has 0 bridgehead atoms. The van der Waals surface area contributed by atoms with Crippen LogP contribution in [0, 0.1) is 0 Å². The maximum absolute atomic E-state index is 5.41. The molecule has 4 N–H and O–H groups in total. The molecule has 0 amide bonds. The summed E-state index contributed by atoms with van der Waals surface area (Å²) in [4.78, 5) is 8.57. The van der Waals surface area contributed by atoms with Gasteiger partial charge < -0.3 is 15.5 Å². The van der Waals surface area contributed by atoms with Crippen molar-refractivity contribution >= 4 is 17.5 Å². The van der Waals surface area contributed by atoms with Crippen LogP contribution in [-0.2, 0) is 17.9 Å². The zero-order chi connectivity index (χ0) is 14.4. The fourth-order valence-electron chi connectivity index (χ4n) is 1.63. The van der Waals surface area contributed by atoms with E-state index in [1.54, 1.807) is 6.07 Å². The number of anilines is 3. The van der Waals surface area contributed by atoms with E-state index in [9.17, 15) is 0 Å². The van der Waals surface area contributed by atoms with Crippen molar-refractivity contribution in [2.75, 3.05) is 17.3 Å². The molecule has 2 rings (SSSR count). The highest BCUT2D eigenvalue weighted by atomic mass is 16.5. The maximum Gasteiger partial charge on any atom is 0.158 e. The lowest BCUT2D eigenvalue weighted by molar-refractivity contribution is 0.128. The van der Waals surface area contributed by atoms with Gasteiger partial charge in [0, 0.05) is 31.5 Å². The Morgan fingerprint density at radius 1 is 1.25 bits per heavy atom. The molecule has 0 aliphatic heterocycles. The van der Waals surface area contributed by atoms with Gasteiger partial charge in [-0.1, -0.05) is 0 Å². The summed E-state index contributed by atoms with van der Waals surface area (Å²) >= 11 is 0. The maximum atomic E-state index is 5.41. The van der Waals surface area contributed by atoms with Gasteiger partial charge >= 0.3 is 0 Å². The van der Waals surface area contributed by atoms with Crippen LogP contribution in [0.5, 0.6) is 0 Å². The summed E-state index contributed by atoms with van der Waals surface area (Å²) in [6.45, 7) is 5.70. The molecule has 2 aromatic heterocycles. The van der Waals surface area contributed by atoms with Crippen molar-refractivity contribution < 1.29 is 4.74 Å². The van der Waals surface area contributed by atoms with E-state index < -0.39 is 0 Å². The van der Waals surface area contributed by atoms with Gasteiger partial charge in [-0.3, -0.25) is 4.68 Å². The fourth-order valence-corrected chi connectivity index (χ4v) is 1.63. The van der Waals surface area contributed by atoms with Crippen LogP contribution in [0.25, 0.3) is 0 Å². The van der Waals surface area contributed by atoms with Gasteiger partial charge in [-0.2, -0.15) is 5.10 Å². The number of nitrogen functional groups attached to an aromatic ring is 1. The van der Waals surface area contributed by atoms with Crippen LogP contribution in [0.15, 0.2) is 18.3 Å². The third kappa shape index (κ3) is 3.65. The number of nitrogens with one attached hydrogen (secondary N) is 2. The van der Waals surface area contributed by atoms with Gasteiger partial charge in [0.2, 0.25) is 0 Å². The monoisotopic (exact) mass is 277 g/mol. The third-order valence-electron chi connectivity index (χ3n) is 2.58. The molecule has 0 aliphatic rings. The van der Waals surface area contributed by atoms with E-state index >= 15 is 0 Å². The molecule has 0 saturated heterocycles. The minimum absolute atomic E-state index is 0.337. The summed E-state index contributed by atoms with van der Waals surface area (Å²) in [6, 6.07) is 3.59. The summed E-state index contributed by atoms with van der Waals surface area (Å²) < 4.78 is 7.13. The van der Waals surface area contributed by atoms with Crippen LogP contribution in [0.1, 0.15) is 19.7 Å². The van der Waals surface area contributed by atoms with E-state index in [0.717, 1.165) is 12.4 Å². The fraction of sp³-hybridized carbons (Fsp3) is 0.417. The second-order valence-corrected chi connectivity index (χ2v) is 4.02. The van der Waals surface area contributed by atoms with E-state index in [1.807, 2.05) is 30.8 Å². The number of nitrogens with zero attached hydrogens (tertiary/aromatic N) is 4. The van der Waals surface area contributed by atoms with Crippen LogP contribution >= 0.6 is 0 Å². The first kappa shape index (κ1) is 14.2. The molecule has 2 aromatic rings. The summed E-state index contributed by atoms with van der Waals surface area (Å²) in [5, 5.41) is 7.45. The summed E-state index contributed by atoms with van der Waals surface area (Å²) in [7, 11) is 0. The lowest BCUT2D eigenvalue weighted by Gasteiger charge is -2.08. The predicted molar refractivity (Wildman–Crippen MR) is 76.4 cm³/mol. The summed E-state index contributed by atoms with van der Waals surface area (Å²) in [6.07, 6.45) is 1.90. The van der Waals surface area contributed by atoms with E-state index in [0.29, 0.717) is 30.7 Å². The number of ether oxygens (including phenoxy) is 1. The Hall–Kier alpha value is -2.19. The average Bonchev–Trinajstić information content (AvgIpc) is 2.92. The highest BCUT2D eigenvalue weighted by Crippen LogP contribution is 2.16. The number of aryl methyl sites for hydroxylation is 1. The van der Waals surface area contributed by atoms with Gasteiger partial charge in [0.1, 0.15) is 18.2 Å². The number of aromatic nitrogens is 4. The number of nitrogens with two attached hydrogens (primary N) is 1. The number of hydrogen-bond acceptors (Lipinski definition) is 7. The van der Waals surface area contributed by atoms with Crippen LogP contribution in [-0.4, -0.2) is 26.4 Å². The molecular formula is C12H19N7O. The first-order valence-corrected chi connectivity index (χ1v) is 6.48. The van der Waals surface area contributed by atoms with Gasteiger partial charge in [-0.05, 0) is 13.8 Å². The van der Waals surface area contributed by atoms with E-state index in [-0.39, 0.29) is 0 Å². The van der Waals surface area contributed by atoms with Gasteiger partial charge in [-0.25, -0.2) is 15.8 Å². The smallest absolute Gasteiger partial charge is 0.158 e. The van der Waals surface area contributed by atoms with E-state index in [4.69, 9.17) is 10.6 Å². The molecular weight excluding hydrogens is 258 g/mol. The van der Waals surface area contributed by atoms with Crippen molar-refractivity contribution in [3.8, 4) is 0 Å². The highest BCUT2D eigenvalue weighted by Gasteiger charge is 2.06. The second kappa shape index (κ2) is 6.83. The molecule has 108 valence electrons. The summed E-state index contributed by atoms with van der Waals surface area (Å²) in [5.41, 5.74) is 2.51. The minimum atomic E-state index is 0.337. The predicted octanol–water partition coefficient (Wildman–Crippen LogP) is 1.26. The molecule has 0 radical (unpaired) electrons. The van der Waals surface area contributed by atoms with Crippen LogP contribution in [0.4, 0.5) is 17.5 Å². The first-order valence-electron chi connectivity index (χ1n) is 6.48. The Labute approximate surface area is 117 Å². The Morgan fingerprint density at radius 3 is 2.70 bits per heavy atom. The van der Waals surface area contributed by atoms with Crippen molar-refractivity contribution in [2.24, 2.45) is 5.84 Å². The molecule has 2 heterocycles. The Kier molecular flexibility index (Phi) is 4.85. The molecule has 0 fully saturated rings. The molecule has 0 aliphatic carbocycles. The Balaban J connectivity index is 2.16. The average molecular weight is 277 g/mol. The standard InChI is InChI=1S/C12H19N7O/c1-3-19-6-5-9(18-19)14-10-7-11(17-13)16-12(15-10)8-20-4-2/h5-7H,3-4,8,13H2,1-2H3,(H2,14,15,16,17,18). The Bertz CT molecular complexity index is 554. The highest BCUT2D eigenvalue weighted by molar-refractivity contribution is 5.55. The molecule has 8 heteroatoms. The number of hydrazine groups is 1. The molecule has 0 spiro atoms. The quantitative estimate of drug-likeness (QED) is 0.517. The van der Waals surface area contributed by atoms with Crippen molar-refractivity contribution in [3.05, 3.63) is 24.2 Å². The van der Waals surface area contributed by atoms with Crippen LogP contribution in [0.3, 0.4) is 0 Å². The summed E-state index contributed by atoms with van der Waals surface area (Å²) in [5.74, 6) is 7.82. The van der Waals surface area contributed by atoms with Crippen molar-refractivity contribution in [1.82, 2.24) is 19.7 Å². The molecule has 8 nitrogen and oxygen atoms in total. The van der Waals surface area contributed by atoms with E-state index in [1.165, 1.54) is 0 Å². The SMILES string of the molecule is CCOCc1nc(NN)cc(Nc2ccn(CC)n2)n1. The largest absolute Gasteiger partial charge is 0.374 e. The van der Waals surface area contributed by atoms with Gasteiger partial charge in [0.15, 0.2) is 11.6 Å². The van der Waals surface area contributed by atoms with Crippen molar-refractivity contribution in [3.63, 3.8) is 0 Å². The molecule has 0 unspecified atom stereocenters. The lowest BCUT2D eigenvalue weighted by atomic mass is 10.4. The molecule has 0 saturated carbocycles. The lowest BCUT2D eigenvalue weighted by Crippen LogP contribution is -2.12. The van der Waals surface area contributed by atoms with Crippen molar-refractivity contribution in [2.45, 2.75) is 27.0 Å². The van der Waals surface area contributed by atoms with Gasteiger partial charge in [0.05, 0.1) is 0 Å². The van der Waals surface area contributed by atoms with E-state index in [2.05, 4.69) is 25.8 Å². The normalized spacial score (nSPS) is 10.6. The van der Waals surface area contributed by atoms with Crippen molar-refractivity contribution in [1.29, 1.82) is 0 Å². The molecule has 0 atom stereocenters. The topological polar surface area (TPSA) is 103 Å².